The highest BCUT2D eigenvalue weighted by Crippen LogP contribution is 2.39. The summed E-state index contributed by atoms with van der Waals surface area (Å²) in [6.45, 7) is 9.37. The molecule has 5 nitrogen and oxygen atoms in total. The van der Waals surface area contributed by atoms with Gasteiger partial charge in [-0.2, -0.15) is 3.89 Å². The van der Waals surface area contributed by atoms with Crippen LogP contribution in [0.5, 0.6) is 0 Å². The van der Waals surface area contributed by atoms with Gasteiger partial charge in [0, 0.05) is 57.7 Å². The zero-order valence-corrected chi connectivity index (χ0v) is 18.8. The lowest BCUT2D eigenvalue weighted by atomic mass is 9.91. The van der Waals surface area contributed by atoms with E-state index in [0.717, 1.165) is 47.2 Å². The van der Waals surface area contributed by atoms with Gasteiger partial charge in [-0.25, -0.2) is 0 Å². The fourth-order valence-corrected chi connectivity index (χ4v) is 4.29. The van der Waals surface area contributed by atoms with Crippen LogP contribution in [-0.4, -0.2) is 15.1 Å². The maximum Gasteiger partial charge on any atom is 0.0812 e. The Morgan fingerprint density at radius 3 is 2.70 bits per heavy atom. The number of hydrogen-bond donors (Lipinski definition) is 3. The third-order valence-corrected chi connectivity index (χ3v) is 5.73. The number of nitrogens with zero attached hydrogens (tertiary/aromatic N) is 2. The maximum atomic E-state index is 13.4. The van der Waals surface area contributed by atoms with Crippen LogP contribution in [0.15, 0.2) is 53.8 Å². The predicted octanol–water partition coefficient (Wildman–Crippen LogP) is 5.11. The maximum absolute atomic E-state index is 13.4. The van der Waals surface area contributed by atoms with Gasteiger partial charge in [0.2, 0.25) is 0 Å². The number of benzene rings is 1. The van der Waals surface area contributed by atoms with Crippen molar-refractivity contribution in [1.82, 2.24) is 20.3 Å². The molecule has 0 saturated carbocycles. The van der Waals surface area contributed by atoms with Gasteiger partial charge >= 0.3 is 0 Å². The van der Waals surface area contributed by atoms with E-state index in [1.807, 2.05) is 36.7 Å². The highest BCUT2D eigenvalue weighted by atomic mass is 32.2. The third kappa shape index (κ3) is 4.47. The summed E-state index contributed by atoms with van der Waals surface area (Å²) in [7, 11) is 0. The van der Waals surface area contributed by atoms with E-state index in [2.05, 4.69) is 54.1 Å². The molecular weight excluding hydrogens is 397 g/mol. The molecule has 4 N–H and O–H groups in total. The van der Waals surface area contributed by atoms with Crippen molar-refractivity contribution in [1.29, 1.82) is 0 Å². The highest BCUT2D eigenvalue weighted by molar-refractivity contribution is 7.94. The van der Waals surface area contributed by atoms with Crippen LogP contribution in [0.25, 0.3) is 22.2 Å². The SMILES string of the molecule is CCc1ncccc1-c1c(CC(C)(C)N/C=C\NN)c2cc(SF)ccc2n1CC. The lowest BCUT2D eigenvalue weighted by Crippen LogP contribution is -2.38. The Bertz CT molecular complexity index is 1040. The van der Waals surface area contributed by atoms with Crippen molar-refractivity contribution in [3.8, 4) is 11.3 Å². The molecule has 0 spiro atoms. The fraction of sp³-hybridized carbons (Fsp3) is 0.348. The molecule has 2 heterocycles. The second-order valence-electron chi connectivity index (χ2n) is 7.88. The van der Waals surface area contributed by atoms with E-state index >= 15 is 0 Å². The lowest BCUT2D eigenvalue weighted by Gasteiger charge is -2.26. The number of aryl methyl sites for hydroxylation is 2. The van der Waals surface area contributed by atoms with E-state index in [4.69, 9.17) is 5.84 Å². The predicted molar refractivity (Wildman–Crippen MR) is 125 cm³/mol. The van der Waals surface area contributed by atoms with Crippen LogP contribution in [0.1, 0.15) is 39.0 Å². The lowest BCUT2D eigenvalue weighted by molar-refractivity contribution is 0.441. The first-order valence-corrected chi connectivity index (χ1v) is 10.9. The Balaban J connectivity index is 2.27. The van der Waals surface area contributed by atoms with Crippen LogP contribution in [0.2, 0.25) is 0 Å². The monoisotopic (exact) mass is 427 g/mol. The Hall–Kier alpha value is -2.51. The smallest absolute Gasteiger partial charge is 0.0812 e. The number of hydrogen-bond acceptors (Lipinski definition) is 5. The van der Waals surface area contributed by atoms with Crippen molar-refractivity contribution in [3.05, 3.63) is 60.2 Å². The summed E-state index contributed by atoms with van der Waals surface area (Å²) in [5, 5.41) is 4.49. The second-order valence-corrected chi connectivity index (χ2v) is 8.51. The molecule has 3 rings (SSSR count). The second kappa shape index (κ2) is 9.53. The van der Waals surface area contributed by atoms with E-state index in [0.29, 0.717) is 4.90 Å². The number of halogens is 1. The summed E-state index contributed by atoms with van der Waals surface area (Å²) in [5.41, 5.74) is 7.93. The molecule has 0 saturated heterocycles. The number of nitrogens with one attached hydrogen (secondary N) is 2. The average molecular weight is 428 g/mol. The quantitative estimate of drug-likeness (QED) is 0.327. The molecule has 3 aromatic rings. The van der Waals surface area contributed by atoms with E-state index in [9.17, 15) is 3.89 Å². The van der Waals surface area contributed by atoms with E-state index < -0.39 is 0 Å². The largest absolute Gasteiger partial charge is 0.384 e. The van der Waals surface area contributed by atoms with E-state index in [1.165, 1.54) is 5.56 Å². The molecular formula is C23H30FN5S. The van der Waals surface area contributed by atoms with Crippen molar-refractivity contribution in [2.24, 2.45) is 5.84 Å². The van der Waals surface area contributed by atoms with Crippen LogP contribution in [0, 0.1) is 0 Å². The number of rotatable bonds is 9. The van der Waals surface area contributed by atoms with E-state index in [-0.39, 0.29) is 17.7 Å². The van der Waals surface area contributed by atoms with Gasteiger partial charge in [0.05, 0.1) is 17.8 Å². The molecule has 0 atom stereocenters. The highest BCUT2D eigenvalue weighted by Gasteiger charge is 2.26. The molecule has 0 amide bonds. The summed E-state index contributed by atoms with van der Waals surface area (Å²) >= 11 is 0.283. The minimum atomic E-state index is -0.248. The molecule has 0 radical (unpaired) electrons. The molecule has 2 aromatic heterocycles. The van der Waals surface area contributed by atoms with Gasteiger partial charge in [-0.05, 0) is 69.5 Å². The molecule has 0 aliphatic rings. The average Bonchev–Trinajstić information content (AvgIpc) is 3.05. The van der Waals surface area contributed by atoms with Crippen molar-refractivity contribution in [2.75, 3.05) is 0 Å². The summed E-state index contributed by atoms with van der Waals surface area (Å²) in [6, 6.07) is 9.95. The van der Waals surface area contributed by atoms with Crippen LogP contribution < -0.4 is 16.6 Å². The Morgan fingerprint density at radius 1 is 1.23 bits per heavy atom. The zero-order valence-electron chi connectivity index (χ0n) is 18.0. The molecule has 0 fully saturated rings. The van der Waals surface area contributed by atoms with Gasteiger partial charge in [0.15, 0.2) is 0 Å². The van der Waals surface area contributed by atoms with Gasteiger partial charge in [-0.15, -0.1) is 0 Å². The Labute approximate surface area is 182 Å². The van der Waals surface area contributed by atoms with Gasteiger partial charge < -0.3 is 15.3 Å². The normalized spacial score (nSPS) is 12.1. The number of pyridine rings is 1. The molecule has 0 aliphatic carbocycles. The molecule has 0 bridgehead atoms. The van der Waals surface area contributed by atoms with Gasteiger partial charge in [0.25, 0.3) is 0 Å². The van der Waals surface area contributed by atoms with E-state index in [1.54, 1.807) is 6.20 Å². The first-order valence-electron chi connectivity index (χ1n) is 10.2. The molecule has 30 heavy (non-hydrogen) atoms. The summed E-state index contributed by atoms with van der Waals surface area (Å²) in [6.07, 6.45) is 6.91. The van der Waals surface area contributed by atoms with Crippen molar-refractivity contribution >= 4 is 23.1 Å². The minimum absolute atomic E-state index is 0.248. The Morgan fingerprint density at radius 2 is 2.03 bits per heavy atom. The fourth-order valence-electron chi connectivity index (χ4n) is 4.01. The molecule has 7 heteroatoms. The summed E-state index contributed by atoms with van der Waals surface area (Å²) < 4.78 is 15.7. The molecule has 0 unspecified atom stereocenters. The number of hydrazine groups is 1. The Kier molecular flexibility index (Phi) is 7.05. The first-order chi connectivity index (χ1) is 14.5. The molecule has 0 aliphatic heterocycles. The first kappa shape index (κ1) is 22.2. The van der Waals surface area contributed by atoms with Crippen LogP contribution in [0.4, 0.5) is 3.89 Å². The summed E-state index contributed by atoms with van der Waals surface area (Å²) in [5.74, 6) is 5.35. The number of fused-ring (bicyclic) bond motifs is 1. The van der Waals surface area contributed by atoms with Crippen molar-refractivity contribution in [2.45, 2.75) is 57.5 Å². The molecule has 1 aromatic carbocycles. The van der Waals surface area contributed by atoms with Gasteiger partial charge in [-0.3, -0.25) is 10.8 Å². The zero-order chi connectivity index (χ0) is 21.7. The minimum Gasteiger partial charge on any atom is -0.384 e. The van der Waals surface area contributed by atoms with Crippen LogP contribution in [0.3, 0.4) is 0 Å². The number of nitrogens with two attached hydrogens (primary N) is 1. The standard InChI is InChI=1S/C23H30FN5S/c1-5-20-17(8-7-11-26-20)22-19(15-23(3,4)27-12-13-28-25)18-14-16(30-24)9-10-21(18)29(22)6-2/h7-14,27-28H,5-6,15,25H2,1-4H3/b13-12-. The van der Waals surface area contributed by atoms with Crippen LogP contribution in [-0.2, 0) is 19.4 Å². The van der Waals surface area contributed by atoms with Gasteiger partial charge in [-0.1, -0.05) is 6.92 Å². The van der Waals surface area contributed by atoms with Crippen molar-refractivity contribution in [3.63, 3.8) is 0 Å². The molecule has 160 valence electrons. The summed E-state index contributed by atoms with van der Waals surface area (Å²) in [4.78, 5) is 5.24. The number of aromatic nitrogens is 2. The third-order valence-electron chi connectivity index (χ3n) is 5.30. The van der Waals surface area contributed by atoms with Gasteiger partial charge in [0.1, 0.15) is 0 Å². The topological polar surface area (TPSA) is 67.9 Å². The van der Waals surface area contributed by atoms with Crippen molar-refractivity contribution < 1.29 is 3.89 Å². The van der Waals surface area contributed by atoms with Crippen LogP contribution >= 0.6 is 12.1 Å².